The van der Waals surface area contributed by atoms with E-state index in [4.69, 9.17) is 5.11 Å². The standard InChI is InChI=1S/C13H17N3O4S/c1-7-5-16(4-3-9(7)12(19)20)11(18)10-6-21-13(15-10)14-8(2)17/h6-7,9H,3-5H2,1-2H3,(H,19,20)(H,14,15,17). The van der Waals surface area contributed by atoms with Gasteiger partial charge in [-0.15, -0.1) is 11.3 Å². The minimum atomic E-state index is -0.809. The molecule has 2 N–H and O–H groups in total. The van der Waals surface area contributed by atoms with Crippen LogP contribution in [0.5, 0.6) is 0 Å². The van der Waals surface area contributed by atoms with E-state index in [1.165, 1.54) is 18.3 Å². The number of thiazole rings is 1. The van der Waals surface area contributed by atoms with E-state index in [0.717, 1.165) is 0 Å². The van der Waals surface area contributed by atoms with Gasteiger partial charge in [-0.1, -0.05) is 6.92 Å². The molecule has 1 fully saturated rings. The Bertz CT molecular complexity index is 572. The van der Waals surface area contributed by atoms with Gasteiger partial charge in [-0.25, -0.2) is 4.98 Å². The van der Waals surface area contributed by atoms with Crippen LogP contribution >= 0.6 is 11.3 Å². The summed E-state index contributed by atoms with van der Waals surface area (Å²) in [5.74, 6) is -1.76. The number of carbonyl (C=O) groups excluding carboxylic acids is 2. The summed E-state index contributed by atoms with van der Waals surface area (Å²) < 4.78 is 0. The fraction of sp³-hybridized carbons (Fsp3) is 0.538. The van der Waals surface area contributed by atoms with Crippen LogP contribution in [0.2, 0.25) is 0 Å². The van der Waals surface area contributed by atoms with Gasteiger partial charge in [0.05, 0.1) is 5.92 Å². The number of likely N-dealkylation sites (tertiary alicyclic amines) is 1. The lowest BCUT2D eigenvalue weighted by Crippen LogP contribution is -2.45. The number of amides is 2. The quantitative estimate of drug-likeness (QED) is 0.876. The Hall–Kier alpha value is -1.96. The Morgan fingerprint density at radius 1 is 1.48 bits per heavy atom. The first-order valence-electron chi connectivity index (χ1n) is 6.63. The second-order valence-corrected chi connectivity index (χ2v) is 6.04. The molecule has 21 heavy (non-hydrogen) atoms. The number of carbonyl (C=O) groups is 3. The topological polar surface area (TPSA) is 99.6 Å². The van der Waals surface area contributed by atoms with Gasteiger partial charge in [0.15, 0.2) is 5.13 Å². The Labute approximate surface area is 126 Å². The minimum Gasteiger partial charge on any atom is -0.481 e. The van der Waals surface area contributed by atoms with Gasteiger partial charge in [-0.3, -0.25) is 14.4 Å². The summed E-state index contributed by atoms with van der Waals surface area (Å²) in [5.41, 5.74) is 0.282. The molecule has 1 aliphatic rings. The van der Waals surface area contributed by atoms with Crippen LogP contribution in [0.4, 0.5) is 5.13 Å². The number of aromatic nitrogens is 1. The average molecular weight is 311 g/mol. The Morgan fingerprint density at radius 3 is 2.76 bits per heavy atom. The number of hydrogen-bond donors (Lipinski definition) is 2. The third kappa shape index (κ3) is 3.57. The smallest absolute Gasteiger partial charge is 0.306 e. The minimum absolute atomic E-state index is 0.0892. The first-order chi connectivity index (χ1) is 9.88. The van der Waals surface area contributed by atoms with Crippen molar-refractivity contribution in [2.75, 3.05) is 18.4 Å². The van der Waals surface area contributed by atoms with E-state index in [0.29, 0.717) is 24.6 Å². The number of anilines is 1. The van der Waals surface area contributed by atoms with E-state index in [-0.39, 0.29) is 23.4 Å². The van der Waals surface area contributed by atoms with Gasteiger partial charge in [0.2, 0.25) is 5.91 Å². The van der Waals surface area contributed by atoms with Crippen LogP contribution in [0.25, 0.3) is 0 Å². The van der Waals surface area contributed by atoms with Gasteiger partial charge in [-0.05, 0) is 12.3 Å². The van der Waals surface area contributed by atoms with Gasteiger partial charge in [0.1, 0.15) is 5.69 Å². The normalized spacial score (nSPS) is 21.9. The molecule has 1 aromatic rings. The molecular formula is C13H17N3O4S. The molecule has 0 saturated carbocycles. The highest BCUT2D eigenvalue weighted by molar-refractivity contribution is 7.14. The lowest BCUT2D eigenvalue weighted by Gasteiger charge is -2.34. The molecule has 0 bridgehead atoms. The van der Waals surface area contributed by atoms with Crippen molar-refractivity contribution in [2.45, 2.75) is 20.3 Å². The molecule has 2 amide bonds. The zero-order chi connectivity index (χ0) is 15.6. The summed E-state index contributed by atoms with van der Waals surface area (Å²) in [4.78, 5) is 40.0. The lowest BCUT2D eigenvalue weighted by atomic mass is 9.87. The van der Waals surface area contributed by atoms with Crippen LogP contribution in [-0.2, 0) is 9.59 Å². The summed E-state index contributed by atoms with van der Waals surface area (Å²) in [6, 6.07) is 0. The zero-order valence-electron chi connectivity index (χ0n) is 11.8. The number of nitrogens with one attached hydrogen (secondary N) is 1. The van der Waals surface area contributed by atoms with E-state index in [1.54, 1.807) is 10.3 Å². The largest absolute Gasteiger partial charge is 0.481 e. The number of rotatable bonds is 3. The number of piperidine rings is 1. The summed E-state index contributed by atoms with van der Waals surface area (Å²) in [6.07, 6.45) is 0.449. The first-order valence-corrected chi connectivity index (χ1v) is 7.51. The van der Waals surface area contributed by atoms with Crippen molar-refractivity contribution in [1.29, 1.82) is 0 Å². The Kier molecular flexibility index (Phi) is 4.56. The molecule has 114 valence electrons. The third-order valence-corrected chi connectivity index (χ3v) is 4.27. The van der Waals surface area contributed by atoms with Crippen molar-refractivity contribution in [1.82, 2.24) is 9.88 Å². The molecule has 7 nitrogen and oxygen atoms in total. The monoisotopic (exact) mass is 311 g/mol. The van der Waals surface area contributed by atoms with E-state index in [1.807, 2.05) is 6.92 Å². The molecule has 2 unspecified atom stereocenters. The molecule has 2 heterocycles. The molecule has 0 spiro atoms. The second kappa shape index (κ2) is 6.21. The van der Waals surface area contributed by atoms with Crippen LogP contribution in [-0.4, -0.2) is 45.9 Å². The van der Waals surface area contributed by atoms with Gasteiger partial charge in [0.25, 0.3) is 5.91 Å². The fourth-order valence-corrected chi connectivity index (χ4v) is 3.17. The van der Waals surface area contributed by atoms with Crippen LogP contribution in [0, 0.1) is 11.8 Å². The van der Waals surface area contributed by atoms with Gasteiger partial charge in [0, 0.05) is 25.4 Å². The van der Waals surface area contributed by atoms with Crippen molar-refractivity contribution >= 4 is 34.3 Å². The molecule has 2 atom stereocenters. The maximum absolute atomic E-state index is 12.3. The van der Waals surface area contributed by atoms with Crippen molar-refractivity contribution in [2.24, 2.45) is 11.8 Å². The number of nitrogens with zero attached hydrogens (tertiary/aromatic N) is 2. The van der Waals surface area contributed by atoms with E-state index < -0.39 is 11.9 Å². The van der Waals surface area contributed by atoms with E-state index in [2.05, 4.69) is 10.3 Å². The highest BCUT2D eigenvalue weighted by atomic mass is 32.1. The average Bonchev–Trinajstić information content (AvgIpc) is 2.84. The Balaban J connectivity index is 2.02. The van der Waals surface area contributed by atoms with Crippen molar-refractivity contribution in [3.05, 3.63) is 11.1 Å². The van der Waals surface area contributed by atoms with Gasteiger partial charge < -0.3 is 15.3 Å². The molecular weight excluding hydrogens is 294 g/mol. The van der Waals surface area contributed by atoms with E-state index in [9.17, 15) is 14.4 Å². The first kappa shape index (κ1) is 15.4. The van der Waals surface area contributed by atoms with Gasteiger partial charge in [-0.2, -0.15) is 0 Å². The lowest BCUT2D eigenvalue weighted by molar-refractivity contribution is -0.145. The molecule has 8 heteroatoms. The van der Waals surface area contributed by atoms with Crippen LogP contribution in [0.3, 0.4) is 0 Å². The molecule has 1 aliphatic heterocycles. The molecule has 1 aromatic heterocycles. The van der Waals surface area contributed by atoms with Crippen LogP contribution in [0.1, 0.15) is 30.8 Å². The number of carboxylic acid groups (broad SMARTS) is 1. The van der Waals surface area contributed by atoms with Crippen molar-refractivity contribution in [3.8, 4) is 0 Å². The highest BCUT2D eigenvalue weighted by Gasteiger charge is 2.33. The molecule has 0 aliphatic carbocycles. The molecule has 2 rings (SSSR count). The number of aliphatic carboxylic acids is 1. The predicted octanol–water partition coefficient (Wildman–Crippen LogP) is 1.28. The van der Waals surface area contributed by atoms with Crippen molar-refractivity contribution < 1.29 is 19.5 Å². The second-order valence-electron chi connectivity index (χ2n) is 5.18. The molecule has 0 aromatic carbocycles. The van der Waals surface area contributed by atoms with Crippen LogP contribution in [0.15, 0.2) is 5.38 Å². The summed E-state index contributed by atoms with van der Waals surface area (Å²) in [5, 5.41) is 13.6. The molecule has 0 radical (unpaired) electrons. The zero-order valence-corrected chi connectivity index (χ0v) is 12.6. The van der Waals surface area contributed by atoms with Crippen LogP contribution < -0.4 is 5.32 Å². The summed E-state index contributed by atoms with van der Waals surface area (Å²) in [6.45, 7) is 4.03. The maximum Gasteiger partial charge on any atom is 0.306 e. The maximum atomic E-state index is 12.3. The Morgan fingerprint density at radius 2 is 2.19 bits per heavy atom. The summed E-state index contributed by atoms with van der Waals surface area (Å²) >= 11 is 1.19. The third-order valence-electron chi connectivity index (χ3n) is 3.52. The fourth-order valence-electron chi connectivity index (χ4n) is 2.44. The van der Waals surface area contributed by atoms with E-state index >= 15 is 0 Å². The molecule has 1 saturated heterocycles. The van der Waals surface area contributed by atoms with Gasteiger partial charge >= 0.3 is 5.97 Å². The predicted molar refractivity (Wildman–Crippen MR) is 77.2 cm³/mol. The highest BCUT2D eigenvalue weighted by Crippen LogP contribution is 2.25. The number of hydrogen-bond acceptors (Lipinski definition) is 5. The number of carboxylic acids is 1. The van der Waals surface area contributed by atoms with Crippen molar-refractivity contribution in [3.63, 3.8) is 0 Å². The summed E-state index contributed by atoms with van der Waals surface area (Å²) in [7, 11) is 0. The SMILES string of the molecule is CC(=O)Nc1nc(C(=O)N2CCC(C(=O)O)C(C)C2)cs1.